The number of esters is 2. The summed E-state index contributed by atoms with van der Waals surface area (Å²) in [4.78, 5) is 23.7. The summed E-state index contributed by atoms with van der Waals surface area (Å²) in [6.07, 6.45) is 0.211. The smallest absolute Gasteiger partial charge is 0.422 e. The molecule has 160 valence electrons. The van der Waals surface area contributed by atoms with E-state index in [-0.39, 0.29) is 17.1 Å². The van der Waals surface area contributed by atoms with Gasteiger partial charge in [-0.1, -0.05) is 25.5 Å². The lowest BCUT2D eigenvalue weighted by Gasteiger charge is -2.09. The third-order valence-corrected chi connectivity index (χ3v) is 3.74. The third kappa shape index (κ3) is 8.38. The fourth-order valence-electron chi connectivity index (χ4n) is 2.19. The molecule has 0 amide bonds. The quantitative estimate of drug-likeness (QED) is 0.240. The number of alkyl halides is 3. The van der Waals surface area contributed by atoms with Crippen molar-refractivity contribution >= 4 is 18.0 Å². The van der Waals surface area contributed by atoms with Crippen LogP contribution in [0.4, 0.5) is 13.2 Å². The van der Waals surface area contributed by atoms with Gasteiger partial charge in [0.25, 0.3) is 0 Å². The topological polar surface area (TPSA) is 61.8 Å². The summed E-state index contributed by atoms with van der Waals surface area (Å²) in [5, 5.41) is 0. The highest BCUT2D eigenvalue weighted by Gasteiger charge is 2.28. The Morgan fingerprint density at radius 1 is 0.967 bits per heavy atom. The fraction of sp³-hybridized carbons (Fsp3) is 0.273. The molecule has 0 aliphatic heterocycles. The summed E-state index contributed by atoms with van der Waals surface area (Å²) in [6.45, 7) is 0.970. The van der Waals surface area contributed by atoms with Gasteiger partial charge in [0, 0.05) is 6.08 Å². The molecule has 0 saturated heterocycles. The first-order valence-corrected chi connectivity index (χ1v) is 9.23. The number of unbranched alkanes of at least 4 members (excludes halogenated alkanes) is 1. The second kappa shape index (κ2) is 11.0. The van der Waals surface area contributed by atoms with Crippen LogP contribution in [0.1, 0.15) is 35.7 Å². The Hall–Kier alpha value is -3.29. The highest BCUT2D eigenvalue weighted by atomic mass is 19.4. The standard InChI is InChI=1S/C22H21F3O5/c1-2-3-14-28-20(26)13-6-16-4-9-19(10-5-16)30-21(27)17-7-11-18(12-8-17)29-15-22(23,24)25/h4-13H,2-3,14-15H2,1H3. The second-order valence-electron chi connectivity index (χ2n) is 6.24. The van der Waals surface area contributed by atoms with Gasteiger partial charge < -0.3 is 14.2 Å². The molecule has 0 spiro atoms. The summed E-state index contributed by atoms with van der Waals surface area (Å²) < 4.78 is 51.3. The van der Waals surface area contributed by atoms with Crippen LogP contribution in [0.25, 0.3) is 6.08 Å². The van der Waals surface area contributed by atoms with Gasteiger partial charge in [-0.2, -0.15) is 13.2 Å². The molecule has 0 atom stereocenters. The Morgan fingerprint density at radius 3 is 2.20 bits per heavy atom. The summed E-state index contributed by atoms with van der Waals surface area (Å²) in [7, 11) is 0. The summed E-state index contributed by atoms with van der Waals surface area (Å²) >= 11 is 0. The molecular formula is C22H21F3O5. The molecule has 5 nitrogen and oxygen atoms in total. The van der Waals surface area contributed by atoms with E-state index in [0.29, 0.717) is 12.2 Å². The molecule has 2 aromatic carbocycles. The second-order valence-corrected chi connectivity index (χ2v) is 6.24. The van der Waals surface area contributed by atoms with Crippen LogP contribution in [0.5, 0.6) is 11.5 Å². The predicted molar refractivity (Wildman–Crippen MR) is 104 cm³/mol. The van der Waals surface area contributed by atoms with Crippen LogP contribution in [0.2, 0.25) is 0 Å². The van der Waals surface area contributed by atoms with E-state index in [2.05, 4.69) is 4.74 Å². The van der Waals surface area contributed by atoms with Crippen molar-refractivity contribution in [3.63, 3.8) is 0 Å². The van der Waals surface area contributed by atoms with E-state index >= 15 is 0 Å². The van der Waals surface area contributed by atoms with Gasteiger partial charge in [0.15, 0.2) is 6.61 Å². The summed E-state index contributed by atoms with van der Waals surface area (Å²) in [5.74, 6) is -0.824. The van der Waals surface area contributed by atoms with E-state index in [1.54, 1.807) is 30.3 Å². The largest absolute Gasteiger partial charge is 0.484 e. The van der Waals surface area contributed by atoms with Crippen molar-refractivity contribution in [2.75, 3.05) is 13.2 Å². The Bertz CT molecular complexity index is 856. The average Bonchev–Trinajstić information content (AvgIpc) is 2.72. The van der Waals surface area contributed by atoms with Gasteiger partial charge in [0.1, 0.15) is 11.5 Å². The average molecular weight is 422 g/mol. The zero-order valence-electron chi connectivity index (χ0n) is 16.3. The van der Waals surface area contributed by atoms with Crippen LogP contribution >= 0.6 is 0 Å². The Balaban J connectivity index is 1.87. The third-order valence-electron chi connectivity index (χ3n) is 3.74. The van der Waals surface area contributed by atoms with Crippen LogP contribution < -0.4 is 9.47 Å². The minimum Gasteiger partial charge on any atom is -0.484 e. The van der Waals surface area contributed by atoms with Crippen molar-refractivity contribution in [2.24, 2.45) is 0 Å². The number of hydrogen-bond acceptors (Lipinski definition) is 5. The van der Waals surface area contributed by atoms with Crippen molar-refractivity contribution in [3.05, 3.63) is 65.7 Å². The van der Waals surface area contributed by atoms with Crippen molar-refractivity contribution in [1.29, 1.82) is 0 Å². The first-order valence-electron chi connectivity index (χ1n) is 9.23. The van der Waals surface area contributed by atoms with Gasteiger partial charge >= 0.3 is 18.1 Å². The number of carbonyl (C=O) groups excluding carboxylic acids is 2. The van der Waals surface area contributed by atoms with E-state index in [1.807, 2.05) is 6.92 Å². The SMILES string of the molecule is CCCCOC(=O)C=Cc1ccc(OC(=O)c2ccc(OCC(F)(F)F)cc2)cc1. The van der Waals surface area contributed by atoms with Crippen LogP contribution in [0, 0.1) is 0 Å². The van der Waals surface area contributed by atoms with Crippen molar-refractivity contribution < 1.29 is 37.0 Å². The zero-order valence-corrected chi connectivity index (χ0v) is 16.3. The molecule has 0 aliphatic carbocycles. The predicted octanol–water partition coefficient (Wildman–Crippen LogP) is 5.20. The van der Waals surface area contributed by atoms with Crippen molar-refractivity contribution in [2.45, 2.75) is 25.9 Å². The van der Waals surface area contributed by atoms with Gasteiger partial charge in [0.05, 0.1) is 12.2 Å². The highest BCUT2D eigenvalue weighted by molar-refractivity contribution is 5.91. The highest BCUT2D eigenvalue weighted by Crippen LogP contribution is 2.20. The number of benzene rings is 2. The monoisotopic (exact) mass is 422 g/mol. The maximum atomic E-state index is 12.1. The van der Waals surface area contributed by atoms with Crippen LogP contribution in [-0.4, -0.2) is 31.3 Å². The molecule has 0 fully saturated rings. The van der Waals surface area contributed by atoms with E-state index in [9.17, 15) is 22.8 Å². The Morgan fingerprint density at radius 2 is 1.60 bits per heavy atom. The first-order chi connectivity index (χ1) is 14.3. The molecule has 0 heterocycles. The molecule has 0 aliphatic rings. The zero-order chi connectivity index (χ0) is 22.0. The van der Waals surface area contributed by atoms with Gasteiger partial charge in [-0.15, -0.1) is 0 Å². The minimum absolute atomic E-state index is 0.00626. The molecule has 0 bridgehead atoms. The van der Waals surface area contributed by atoms with Crippen LogP contribution in [-0.2, 0) is 9.53 Å². The molecule has 30 heavy (non-hydrogen) atoms. The number of hydrogen-bond donors (Lipinski definition) is 0. The van der Waals surface area contributed by atoms with E-state index in [0.717, 1.165) is 12.8 Å². The lowest BCUT2D eigenvalue weighted by Crippen LogP contribution is -2.19. The lowest BCUT2D eigenvalue weighted by atomic mass is 10.2. The Labute approximate surface area is 172 Å². The number of carbonyl (C=O) groups is 2. The van der Waals surface area contributed by atoms with Crippen LogP contribution in [0.15, 0.2) is 54.6 Å². The fourth-order valence-corrected chi connectivity index (χ4v) is 2.19. The number of ether oxygens (including phenoxy) is 3. The summed E-state index contributed by atoms with van der Waals surface area (Å²) in [5.41, 5.74) is 0.876. The van der Waals surface area contributed by atoms with Gasteiger partial charge in [-0.05, 0) is 54.5 Å². The molecule has 0 unspecified atom stereocenters. The molecule has 2 rings (SSSR count). The molecule has 0 aromatic heterocycles. The molecule has 2 aromatic rings. The van der Waals surface area contributed by atoms with E-state index in [4.69, 9.17) is 9.47 Å². The maximum absolute atomic E-state index is 12.1. The van der Waals surface area contributed by atoms with Crippen molar-refractivity contribution in [1.82, 2.24) is 0 Å². The van der Waals surface area contributed by atoms with Gasteiger partial charge in [-0.3, -0.25) is 0 Å². The van der Waals surface area contributed by atoms with E-state index < -0.39 is 24.7 Å². The molecule has 8 heteroatoms. The normalized spacial score (nSPS) is 11.3. The molecule has 0 radical (unpaired) electrons. The Kier molecular flexibility index (Phi) is 8.46. The first kappa shape index (κ1) is 23.0. The van der Waals surface area contributed by atoms with Gasteiger partial charge in [-0.25, -0.2) is 9.59 Å². The number of rotatable bonds is 9. The molecule has 0 N–H and O–H groups in total. The van der Waals surface area contributed by atoms with Gasteiger partial charge in [0.2, 0.25) is 0 Å². The van der Waals surface area contributed by atoms with Crippen molar-refractivity contribution in [3.8, 4) is 11.5 Å². The number of halogens is 3. The van der Waals surface area contributed by atoms with E-state index in [1.165, 1.54) is 30.3 Å². The lowest BCUT2D eigenvalue weighted by molar-refractivity contribution is -0.153. The molecule has 0 saturated carbocycles. The van der Waals surface area contributed by atoms with Crippen LogP contribution in [0.3, 0.4) is 0 Å². The minimum atomic E-state index is -4.44. The maximum Gasteiger partial charge on any atom is 0.422 e. The summed E-state index contributed by atoms with van der Waals surface area (Å²) in [6, 6.07) is 11.6. The molecular weight excluding hydrogens is 401 g/mol.